The first kappa shape index (κ1) is 23.9. The Morgan fingerprint density at radius 3 is 2.55 bits per heavy atom. The van der Waals surface area contributed by atoms with Gasteiger partial charge in [-0.05, 0) is 116 Å². The van der Waals surface area contributed by atoms with Gasteiger partial charge in [0.25, 0.3) is 5.91 Å². The van der Waals surface area contributed by atoms with Gasteiger partial charge in [0, 0.05) is 28.6 Å². The fourth-order valence-corrected chi connectivity index (χ4v) is 7.34. The third-order valence-corrected chi connectivity index (χ3v) is 9.82. The highest BCUT2D eigenvalue weighted by Crippen LogP contribution is 2.39. The van der Waals surface area contributed by atoms with Crippen molar-refractivity contribution in [1.29, 1.82) is 0 Å². The number of carbonyl (C=O) groups is 1. The minimum absolute atomic E-state index is 0.0296. The highest BCUT2D eigenvalue weighted by Gasteiger charge is 2.39. The van der Waals surface area contributed by atoms with Crippen molar-refractivity contribution in [2.45, 2.75) is 69.2 Å². The molecule has 0 radical (unpaired) electrons. The van der Waals surface area contributed by atoms with Gasteiger partial charge in [0.2, 0.25) is 0 Å². The molecule has 4 atom stereocenters. The maximum atomic E-state index is 13.4. The summed E-state index contributed by atoms with van der Waals surface area (Å²) in [5.74, 6) is 1.41. The van der Waals surface area contributed by atoms with Crippen molar-refractivity contribution in [3.05, 3.63) is 70.4 Å². The molecule has 4 heterocycles. The van der Waals surface area contributed by atoms with E-state index in [9.17, 15) is 4.79 Å². The molecule has 2 aliphatic heterocycles. The summed E-state index contributed by atoms with van der Waals surface area (Å²) in [7, 11) is 2.26. The van der Waals surface area contributed by atoms with Crippen LogP contribution >= 0.6 is 11.3 Å². The second-order valence-corrected chi connectivity index (χ2v) is 12.1. The number of thiophene rings is 1. The van der Waals surface area contributed by atoms with Crippen molar-refractivity contribution in [2.75, 3.05) is 7.05 Å². The molecule has 3 fully saturated rings. The smallest absolute Gasteiger partial charge is 0.251 e. The molecule has 38 heavy (non-hydrogen) atoms. The van der Waals surface area contributed by atoms with Crippen molar-refractivity contribution < 1.29 is 9.53 Å². The fraction of sp³-hybridized carbons (Fsp3) is 0.419. The van der Waals surface area contributed by atoms with Gasteiger partial charge in [0.1, 0.15) is 11.9 Å². The largest absolute Gasteiger partial charge is 0.490 e. The first-order valence-electron chi connectivity index (χ1n) is 13.9. The van der Waals surface area contributed by atoms with Crippen molar-refractivity contribution in [3.8, 4) is 17.0 Å². The molecule has 2 N–H and O–H groups in total. The van der Waals surface area contributed by atoms with Gasteiger partial charge in [-0.3, -0.25) is 9.89 Å². The third-order valence-electron chi connectivity index (χ3n) is 9.12. The van der Waals surface area contributed by atoms with Crippen molar-refractivity contribution >= 4 is 28.1 Å². The first-order chi connectivity index (χ1) is 18.6. The van der Waals surface area contributed by atoms with E-state index in [1.54, 1.807) is 11.3 Å². The summed E-state index contributed by atoms with van der Waals surface area (Å²) >= 11 is 1.68. The Hall–Kier alpha value is -3.16. The number of ether oxygens (including phenoxy) is 1. The van der Waals surface area contributed by atoms with Gasteiger partial charge in [-0.2, -0.15) is 16.4 Å². The highest BCUT2D eigenvalue weighted by molar-refractivity contribution is 7.08. The second-order valence-electron chi connectivity index (χ2n) is 11.3. The minimum atomic E-state index is -0.0296. The van der Waals surface area contributed by atoms with Crippen LogP contribution in [0.1, 0.15) is 66.9 Å². The fourth-order valence-electron chi connectivity index (χ4n) is 6.64. The summed E-state index contributed by atoms with van der Waals surface area (Å²) in [6.07, 6.45) is 8.68. The quantitative estimate of drug-likeness (QED) is 0.286. The lowest BCUT2D eigenvalue weighted by Crippen LogP contribution is -2.43. The van der Waals surface area contributed by atoms with E-state index >= 15 is 0 Å². The molecule has 1 aliphatic carbocycles. The number of benzene rings is 2. The van der Waals surface area contributed by atoms with Crippen LogP contribution in [0.2, 0.25) is 0 Å². The number of aromatic nitrogens is 2. The van der Waals surface area contributed by atoms with Crippen LogP contribution in [0.5, 0.6) is 5.75 Å². The number of amides is 1. The number of fused-ring (bicyclic) bond motifs is 3. The van der Waals surface area contributed by atoms with Gasteiger partial charge < -0.3 is 15.0 Å². The van der Waals surface area contributed by atoms with E-state index in [-0.39, 0.29) is 11.9 Å². The Labute approximate surface area is 227 Å². The summed E-state index contributed by atoms with van der Waals surface area (Å²) < 4.78 is 6.39. The molecule has 1 amide bonds. The topological polar surface area (TPSA) is 70.2 Å². The summed E-state index contributed by atoms with van der Waals surface area (Å²) in [5.41, 5.74) is 4.67. The molecule has 196 valence electrons. The van der Waals surface area contributed by atoms with Gasteiger partial charge in [0.15, 0.2) is 0 Å². The Bertz CT molecular complexity index is 1410. The number of carbonyl (C=O) groups excluding carboxylic acids is 1. The zero-order valence-corrected chi connectivity index (χ0v) is 22.5. The first-order valence-corrected chi connectivity index (χ1v) is 14.9. The second kappa shape index (κ2) is 9.86. The monoisotopic (exact) mass is 526 g/mol. The molecule has 7 heteroatoms. The van der Waals surface area contributed by atoms with Crippen molar-refractivity contribution in [3.63, 3.8) is 0 Å². The molecule has 6 nitrogen and oxygen atoms in total. The van der Waals surface area contributed by atoms with Crippen LogP contribution in [0.3, 0.4) is 0 Å². The molecule has 4 aromatic rings. The van der Waals surface area contributed by atoms with Crippen LogP contribution in [0.15, 0.2) is 59.3 Å². The maximum absolute atomic E-state index is 13.4. The third kappa shape index (κ3) is 4.41. The SMILES string of the molecule is CN1[C@@H]2CC[C@H]1C[C@H](Oc1ccc(-c3n[nH]c4ccc(C(=O)NC(c5ccsc5)C5CCC5)cc34)cc1)C2. The van der Waals surface area contributed by atoms with Gasteiger partial charge in [-0.1, -0.05) is 6.42 Å². The molecule has 2 aromatic heterocycles. The lowest BCUT2D eigenvalue weighted by molar-refractivity contribution is 0.0662. The average Bonchev–Trinajstić information content (AvgIpc) is 3.62. The predicted octanol–water partition coefficient (Wildman–Crippen LogP) is 6.57. The maximum Gasteiger partial charge on any atom is 0.251 e. The predicted molar refractivity (Wildman–Crippen MR) is 152 cm³/mol. The number of hydrogen-bond acceptors (Lipinski definition) is 5. The highest BCUT2D eigenvalue weighted by atomic mass is 32.1. The number of piperidine rings is 1. The molecule has 1 saturated carbocycles. The van der Waals surface area contributed by atoms with E-state index in [1.165, 1.54) is 37.7 Å². The average molecular weight is 527 g/mol. The molecule has 7 rings (SSSR count). The summed E-state index contributed by atoms with van der Waals surface area (Å²) in [4.78, 5) is 15.9. The van der Waals surface area contributed by atoms with Gasteiger partial charge in [-0.15, -0.1) is 0 Å². The lowest BCUT2D eigenvalue weighted by Gasteiger charge is -2.36. The molecule has 2 bridgehead atoms. The normalized spacial score (nSPS) is 24.3. The Kier molecular flexibility index (Phi) is 6.21. The van der Waals surface area contributed by atoms with E-state index in [1.807, 2.05) is 18.2 Å². The number of nitrogens with zero attached hydrogens (tertiary/aromatic N) is 2. The van der Waals surface area contributed by atoms with Crippen LogP contribution < -0.4 is 10.1 Å². The molecule has 0 spiro atoms. The molecular weight excluding hydrogens is 492 g/mol. The number of nitrogens with one attached hydrogen (secondary N) is 2. The minimum Gasteiger partial charge on any atom is -0.490 e. The van der Waals surface area contributed by atoms with Gasteiger partial charge in [-0.25, -0.2) is 0 Å². The molecule has 1 unspecified atom stereocenters. The number of hydrogen-bond donors (Lipinski definition) is 2. The lowest BCUT2D eigenvalue weighted by atomic mass is 9.77. The summed E-state index contributed by atoms with van der Waals surface area (Å²) in [6, 6.07) is 17.6. The van der Waals surface area contributed by atoms with Crippen LogP contribution in [-0.2, 0) is 0 Å². The standard InChI is InChI=1S/C31H34N4O2S/c1-35-23-8-9-24(35)17-26(16-23)37-25-10-5-20(6-11-25)30-27-15-21(7-12-28(27)33-34-30)31(36)32-29(19-3-2-4-19)22-13-14-38-18-22/h5-7,10-15,18-19,23-24,26,29H,2-4,8-9,16-17H2,1H3,(H,32,36)(H,33,34)/t23-,24+,26-,29?. The van der Waals surface area contributed by atoms with E-state index in [0.29, 0.717) is 29.7 Å². The summed E-state index contributed by atoms with van der Waals surface area (Å²) in [6.45, 7) is 0. The van der Waals surface area contributed by atoms with E-state index in [2.05, 4.69) is 68.6 Å². The number of rotatable bonds is 7. The Morgan fingerprint density at radius 2 is 1.87 bits per heavy atom. The Morgan fingerprint density at radius 1 is 1.08 bits per heavy atom. The van der Waals surface area contributed by atoms with Crippen LogP contribution in [0.25, 0.3) is 22.2 Å². The van der Waals surface area contributed by atoms with Gasteiger partial charge >= 0.3 is 0 Å². The van der Waals surface area contributed by atoms with Crippen molar-refractivity contribution in [2.24, 2.45) is 5.92 Å². The van der Waals surface area contributed by atoms with Crippen LogP contribution in [0.4, 0.5) is 0 Å². The van der Waals surface area contributed by atoms with E-state index < -0.39 is 0 Å². The van der Waals surface area contributed by atoms with Crippen molar-refractivity contribution in [1.82, 2.24) is 20.4 Å². The number of H-pyrrole nitrogens is 1. The van der Waals surface area contributed by atoms with E-state index in [0.717, 1.165) is 40.8 Å². The van der Waals surface area contributed by atoms with Gasteiger partial charge in [0.05, 0.1) is 17.3 Å². The molecule has 2 aromatic carbocycles. The van der Waals surface area contributed by atoms with Crippen LogP contribution in [-0.4, -0.2) is 46.2 Å². The Balaban J connectivity index is 1.08. The van der Waals surface area contributed by atoms with E-state index in [4.69, 9.17) is 4.74 Å². The summed E-state index contributed by atoms with van der Waals surface area (Å²) in [5, 5.41) is 16.3. The zero-order chi connectivity index (χ0) is 25.6. The molecule has 3 aliphatic rings. The zero-order valence-electron chi connectivity index (χ0n) is 21.7. The molecule has 2 saturated heterocycles. The number of aromatic amines is 1. The van der Waals surface area contributed by atoms with Crippen LogP contribution in [0, 0.1) is 5.92 Å². The molecular formula is C31H34N4O2S.